The molecule has 8 heteroatoms. The zero-order valence-corrected chi connectivity index (χ0v) is 17.6. The Hall–Kier alpha value is -2.55. The van der Waals surface area contributed by atoms with Crippen LogP contribution in [0.5, 0.6) is 0 Å². The number of nitrogens with one attached hydrogen (secondary N) is 1. The molecule has 0 unspecified atom stereocenters. The minimum Gasteiger partial charge on any atom is -0.358 e. The average Bonchev–Trinajstić information content (AvgIpc) is 2.88. The molecule has 0 amide bonds. The number of carbonyl (C=O) groups is 1. The lowest BCUT2D eigenvalue weighted by Crippen LogP contribution is -2.36. The highest BCUT2D eigenvalue weighted by Crippen LogP contribution is 2.23. The normalized spacial score (nSPS) is 16.6. The largest absolute Gasteiger partial charge is 0.358 e. The molecule has 0 aliphatic carbocycles. The fourth-order valence-electron chi connectivity index (χ4n) is 4.02. The summed E-state index contributed by atoms with van der Waals surface area (Å²) in [5.74, 6) is -0.443. The highest BCUT2D eigenvalue weighted by Gasteiger charge is 2.28. The quantitative estimate of drug-likeness (QED) is 0.632. The molecule has 0 spiro atoms. The Morgan fingerprint density at radius 1 is 1.03 bits per heavy atom. The number of nitrogens with zero attached hydrogens (tertiary/aromatic N) is 2. The van der Waals surface area contributed by atoms with Crippen LogP contribution < -0.4 is 0 Å². The Labute approximate surface area is 175 Å². The van der Waals surface area contributed by atoms with Crippen LogP contribution in [0.3, 0.4) is 0 Å². The molecular formula is C22H24FN3O3S. The molecule has 1 aromatic heterocycles. The van der Waals surface area contributed by atoms with Crippen LogP contribution in [-0.4, -0.2) is 61.1 Å². The third-order valence-electron chi connectivity index (χ3n) is 5.54. The molecule has 6 nitrogen and oxygen atoms in total. The van der Waals surface area contributed by atoms with Crippen LogP contribution in [0.2, 0.25) is 0 Å². The SMILES string of the molecule is Cc1[nH]c2ccccc2c1C(=O)CN1CCCN(S(=O)(=O)c2ccc(F)cc2)CC1. The van der Waals surface area contributed by atoms with Crippen molar-refractivity contribution in [1.29, 1.82) is 0 Å². The molecule has 0 bridgehead atoms. The topological polar surface area (TPSA) is 73.5 Å². The van der Waals surface area contributed by atoms with E-state index in [2.05, 4.69) is 4.98 Å². The molecule has 1 aliphatic rings. The van der Waals surface area contributed by atoms with E-state index in [0.29, 0.717) is 38.2 Å². The fourth-order valence-corrected chi connectivity index (χ4v) is 5.49. The lowest BCUT2D eigenvalue weighted by molar-refractivity contribution is 0.0935. The molecule has 1 saturated heterocycles. The van der Waals surface area contributed by atoms with Crippen molar-refractivity contribution in [2.75, 3.05) is 32.7 Å². The highest BCUT2D eigenvalue weighted by atomic mass is 32.2. The predicted molar refractivity (Wildman–Crippen MR) is 114 cm³/mol. The van der Waals surface area contributed by atoms with E-state index in [1.165, 1.54) is 16.4 Å². The maximum absolute atomic E-state index is 13.1. The molecule has 1 fully saturated rings. The van der Waals surface area contributed by atoms with Gasteiger partial charge in [0.1, 0.15) is 5.82 Å². The monoisotopic (exact) mass is 429 g/mol. The predicted octanol–water partition coefficient (Wildman–Crippen LogP) is 3.19. The van der Waals surface area contributed by atoms with E-state index < -0.39 is 15.8 Å². The van der Waals surface area contributed by atoms with Gasteiger partial charge in [-0.25, -0.2) is 12.8 Å². The second-order valence-corrected chi connectivity index (χ2v) is 9.52. The Balaban J connectivity index is 1.46. The number of Topliss-reactive ketones (excluding diaryl/α,β-unsaturated/α-hetero) is 1. The molecule has 3 aromatic rings. The number of halogens is 1. The summed E-state index contributed by atoms with van der Waals surface area (Å²) in [5, 5.41) is 0.912. The van der Waals surface area contributed by atoms with Gasteiger partial charge in [-0.1, -0.05) is 18.2 Å². The van der Waals surface area contributed by atoms with Gasteiger partial charge in [-0.3, -0.25) is 9.69 Å². The van der Waals surface area contributed by atoms with Crippen LogP contribution >= 0.6 is 0 Å². The van der Waals surface area contributed by atoms with Gasteiger partial charge in [0.05, 0.1) is 11.4 Å². The van der Waals surface area contributed by atoms with Gasteiger partial charge in [0.25, 0.3) is 0 Å². The summed E-state index contributed by atoms with van der Waals surface area (Å²) in [4.78, 5) is 18.4. The van der Waals surface area contributed by atoms with Gasteiger partial charge in [0.15, 0.2) is 5.78 Å². The van der Waals surface area contributed by atoms with E-state index >= 15 is 0 Å². The summed E-state index contributed by atoms with van der Waals surface area (Å²) < 4.78 is 40.3. The van der Waals surface area contributed by atoms with Crippen LogP contribution in [0.1, 0.15) is 22.5 Å². The van der Waals surface area contributed by atoms with Gasteiger partial charge in [-0.05, 0) is 50.2 Å². The smallest absolute Gasteiger partial charge is 0.243 e. The van der Waals surface area contributed by atoms with E-state index in [-0.39, 0.29) is 17.2 Å². The molecular weight excluding hydrogens is 405 g/mol. The second kappa shape index (κ2) is 8.29. The van der Waals surface area contributed by atoms with Crippen molar-refractivity contribution in [3.63, 3.8) is 0 Å². The fraction of sp³-hybridized carbons (Fsp3) is 0.318. The van der Waals surface area contributed by atoms with Crippen molar-refractivity contribution in [2.45, 2.75) is 18.2 Å². The number of benzene rings is 2. The molecule has 0 saturated carbocycles. The van der Waals surface area contributed by atoms with Crippen molar-refractivity contribution >= 4 is 26.7 Å². The standard InChI is InChI=1S/C22H24FN3O3S/c1-16-22(19-5-2-3-6-20(19)24-16)21(27)15-25-11-4-12-26(14-13-25)30(28,29)18-9-7-17(23)8-10-18/h2-3,5-10,24H,4,11-15H2,1H3. The summed E-state index contributed by atoms with van der Waals surface area (Å²) in [5.41, 5.74) is 2.48. The Morgan fingerprint density at radius 3 is 2.53 bits per heavy atom. The molecule has 30 heavy (non-hydrogen) atoms. The van der Waals surface area contributed by atoms with Crippen molar-refractivity contribution in [1.82, 2.24) is 14.2 Å². The summed E-state index contributed by atoms with van der Waals surface area (Å²) >= 11 is 0. The number of hydrogen-bond donors (Lipinski definition) is 1. The lowest BCUT2D eigenvalue weighted by Gasteiger charge is -2.21. The van der Waals surface area contributed by atoms with Crippen LogP contribution in [0, 0.1) is 12.7 Å². The zero-order chi connectivity index (χ0) is 21.3. The number of aromatic nitrogens is 1. The first-order chi connectivity index (χ1) is 14.4. The lowest BCUT2D eigenvalue weighted by atomic mass is 10.1. The summed E-state index contributed by atoms with van der Waals surface area (Å²) in [6, 6.07) is 12.6. The number of H-pyrrole nitrogens is 1. The molecule has 4 rings (SSSR count). The first-order valence-corrected chi connectivity index (χ1v) is 11.4. The Bertz CT molecular complexity index is 1170. The maximum Gasteiger partial charge on any atom is 0.243 e. The van der Waals surface area contributed by atoms with E-state index in [1.54, 1.807) is 0 Å². The number of para-hydroxylation sites is 1. The molecule has 1 aliphatic heterocycles. The van der Waals surface area contributed by atoms with E-state index in [9.17, 15) is 17.6 Å². The third kappa shape index (κ3) is 4.03. The molecule has 2 aromatic carbocycles. The minimum atomic E-state index is -3.68. The van der Waals surface area contributed by atoms with Crippen molar-refractivity contribution in [2.24, 2.45) is 0 Å². The van der Waals surface area contributed by atoms with Gasteiger partial charge in [0, 0.05) is 41.8 Å². The van der Waals surface area contributed by atoms with E-state index in [0.717, 1.165) is 28.7 Å². The van der Waals surface area contributed by atoms with E-state index in [4.69, 9.17) is 0 Å². The highest BCUT2D eigenvalue weighted by molar-refractivity contribution is 7.89. The number of sulfonamides is 1. The number of aryl methyl sites for hydroxylation is 1. The number of carbonyl (C=O) groups excluding carboxylic acids is 1. The number of aromatic amines is 1. The number of fused-ring (bicyclic) bond motifs is 1. The molecule has 158 valence electrons. The van der Waals surface area contributed by atoms with Crippen LogP contribution in [-0.2, 0) is 10.0 Å². The average molecular weight is 430 g/mol. The van der Waals surface area contributed by atoms with Gasteiger partial charge < -0.3 is 4.98 Å². The maximum atomic E-state index is 13.1. The molecule has 0 radical (unpaired) electrons. The summed E-state index contributed by atoms with van der Waals surface area (Å²) in [6.45, 7) is 3.91. The minimum absolute atomic E-state index is 0.0276. The molecule has 2 heterocycles. The van der Waals surface area contributed by atoms with Crippen LogP contribution in [0.15, 0.2) is 53.4 Å². The molecule has 0 atom stereocenters. The molecule has 1 N–H and O–H groups in total. The zero-order valence-electron chi connectivity index (χ0n) is 16.8. The Morgan fingerprint density at radius 2 is 1.77 bits per heavy atom. The van der Waals surface area contributed by atoms with Gasteiger partial charge in [0.2, 0.25) is 10.0 Å². The number of rotatable bonds is 5. The summed E-state index contributed by atoms with van der Waals surface area (Å²) in [7, 11) is -3.68. The number of hydrogen-bond acceptors (Lipinski definition) is 4. The van der Waals surface area contributed by atoms with Crippen LogP contribution in [0.4, 0.5) is 4.39 Å². The third-order valence-corrected chi connectivity index (χ3v) is 7.45. The van der Waals surface area contributed by atoms with E-state index in [1.807, 2.05) is 36.1 Å². The van der Waals surface area contributed by atoms with Gasteiger partial charge in [-0.15, -0.1) is 0 Å². The second-order valence-electron chi connectivity index (χ2n) is 7.58. The number of ketones is 1. The first kappa shape index (κ1) is 20.7. The van der Waals surface area contributed by atoms with Crippen molar-refractivity contribution < 1.29 is 17.6 Å². The Kier molecular flexibility index (Phi) is 5.73. The summed E-state index contributed by atoms with van der Waals surface area (Å²) in [6.07, 6.45) is 0.626. The van der Waals surface area contributed by atoms with Crippen molar-refractivity contribution in [3.8, 4) is 0 Å². The first-order valence-electron chi connectivity index (χ1n) is 9.95. The van der Waals surface area contributed by atoms with Crippen molar-refractivity contribution in [3.05, 3.63) is 65.6 Å². The van der Waals surface area contributed by atoms with Gasteiger partial charge in [-0.2, -0.15) is 4.31 Å². The van der Waals surface area contributed by atoms with Crippen LogP contribution in [0.25, 0.3) is 10.9 Å². The van der Waals surface area contributed by atoms with Gasteiger partial charge >= 0.3 is 0 Å².